The van der Waals surface area contributed by atoms with Crippen LogP contribution in [0.15, 0.2) is 36.4 Å². The molecule has 0 bridgehead atoms. The first kappa shape index (κ1) is 14.0. The lowest BCUT2D eigenvalue weighted by Gasteiger charge is -2.15. The number of hydrogen-bond donors (Lipinski definition) is 1. The van der Waals surface area contributed by atoms with Gasteiger partial charge in [-0.15, -0.1) is 0 Å². The number of hydrogen-bond acceptors (Lipinski definition) is 3. The Labute approximate surface area is 125 Å². The third kappa shape index (κ3) is 2.38. The molecule has 0 amide bonds. The van der Waals surface area contributed by atoms with Gasteiger partial charge in [0.2, 0.25) is 0 Å². The molecule has 2 aromatic carbocycles. The van der Waals surface area contributed by atoms with Crippen molar-refractivity contribution in [2.75, 3.05) is 21.3 Å². The minimum atomic E-state index is 0.455. The Balaban J connectivity index is 2.16. The van der Waals surface area contributed by atoms with Gasteiger partial charge in [0.1, 0.15) is 11.5 Å². The molecule has 0 saturated heterocycles. The van der Waals surface area contributed by atoms with Crippen LogP contribution >= 0.6 is 0 Å². The van der Waals surface area contributed by atoms with Crippen molar-refractivity contribution in [1.29, 1.82) is 0 Å². The summed E-state index contributed by atoms with van der Waals surface area (Å²) in [4.78, 5) is 0. The van der Waals surface area contributed by atoms with Crippen LogP contribution in [0.3, 0.4) is 0 Å². The first-order valence-corrected chi connectivity index (χ1v) is 7.30. The second kappa shape index (κ2) is 5.78. The summed E-state index contributed by atoms with van der Waals surface area (Å²) in [5.74, 6) is 1.74. The summed E-state index contributed by atoms with van der Waals surface area (Å²) in [6, 6.07) is 12.9. The molecule has 0 saturated carbocycles. The molecule has 1 atom stereocenters. The molecule has 0 spiro atoms. The highest BCUT2D eigenvalue weighted by atomic mass is 16.5. The highest BCUT2D eigenvalue weighted by molar-refractivity contribution is 5.76. The molecular formula is C18H21NO2. The molecule has 0 radical (unpaired) electrons. The molecule has 3 nitrogen and oxygen atoms in total. The van der Waals surface area contributed by atoms with E-state index in [1.807, 2.05) is 19.2 Å². The maximum atomic E-state index is 5.54. The fourth-order valence-corrected chi connectivity index (χ4v) is 3.23. The average Bonchev–Trinajstić information content (AvgIpc) is 2.97. The minimum absolute atomic E-state index is 0.455. The van der Waals surface area contributed by atoms with E-state index in [1.165, 1.54) is 16.7 Å². The number of ether oxygens (including phenoxy) is 2. The predicted molar refractivity (Wildman–Crippen MR) is 85.1 cm³/mol. The molecule has 0 aliphatic heterocycles. The van der Waals surface area contributed by atoms with E-state index in [9.17, 15) is 0 Å². The van der Waals surface area contributed by atoms with E-state index in [0.29, 0.717) is 6.04 Å². The molecular weight excluding hydrogens is 262 g/mol. The molecule has 1 unspecified atom stereocenters. The smallest absolute Gasteiger partial charge is 0.126 e. The Morgan fingerprint density at radius 1 is 1.05 bits per heavy atom. The molecule has 1 N–H and O–H groups in total. The molecule has 0 heterocycles. The zero-order chi connectivity index (χ0) is 14.8. The van der Waals surface area contributed by atoms with E-state index in [1.54, 1.807) is 14.2 Å². The second-order valence-electron chi connectivity index (χ2n) is 5.32. The van der Waals surface area contributed by atoms with Crippen LogP contribution in [0.25, 0.3) is 11.1 Å². The summed E-state index contributed by atoms with van der Waals surface area (Å²) in [7, 11) is 5.43. The standard InChI is InChI=1S/C18H21NO2/c1-19-17-9-8-14-13(5-4-6-15(14)17)16-11-12(20-2)7-10-18(16)21-3/h4-7,10-11,17,19H,8-9H2,1-3H3. The van der Waals surface area contributed by atoms with E-state index in [0.717, 1.165) is 29.9 Å². The SMILES string of the molecule is CNC1CCc2c(-c3cc(OC)ccc3OC)cccc21. The van der Waals surface area contributed by atoms with Crippen LogP contribution in [0.1, 0.15) is 23.6 Å². The number of rotatable bonds is 4. The lowest BCUT2D eigenvalue weighted by molar-refractivity contribution is 0.404. The number of methoxy groups -OCH3 is 2. The maximum absolute atomic E-state index is 5.54. The van der Waals surface area contributed by atoms with Crippen LogP contribution in [0.2, 0.25) is 0 Å². The van der Waals surface area contributed by atoms with Gasteiger partial charge in [-0.1, -0.05) is 18.2 Å². The monoisotopic (exact) mass is 283 g/mol. The summed E-state index contributed by atoms with van der Waals surface area (Å²) < 4.78 is 10.9. The Morgan fingerprint density at radius 2 is 1.90 bits per heavy atom. The van der Waals surface area contributed by atoms with Crippen molar-refractivity contribution >= 4 is 0 Å². The Bertz CT molecular complexity index is 652. The van der Waals surface area contributed by atoms with Crippen LogP contribution in [-0.2, 0) is 6.42 Å². The van der Waals surface area contributed by atoms with Gasteiger partial charge in [-0.3, -0.25) is 0 Å². The number of fused-ring (bicyclic) bond motifs is 1. The lowest BCUT2D eigenvalue weighted by atomic mass is 9.95. The van der Waals surface area contributed by atoms with E-state index in [-0.39, 0.29) is 0 Å². The van der Waals surface area contributed by atoms with Crippen molar-refractivity contribution in [3.8, 4) is 22.6 Å². The average molecular weight is 283 g/mol. The molecule has 1 aliphatic rings. The maximum Gasteiger partial charge on any atom is 0.126 e. The molecule has 21 heavy (non-hydrogen) atoms. The Hall–Kier alpha value is -2.00. The van der Waals surface area contributed by atoms with Gasteiger partial charge < -0.3 is 14.8 Å². The third-order valence-corrected chi connectivity index (χ3v) is 4.32. The number of benzene rings is 2. The Morgan fingerprint density at radius 3 is 2.62 bits per heavy atom. The van der Waals surface area contributed by atoms with Crippen molar-refractivity contribution < 1.29 is 9.47 Å². The van der Waals surface area contributed by atoms with Crippen molar-refractivity contribution in [1.82, 2.24) is 5.32 Å². The fourth-order valence-electron chi connectivity index (χ4n) is 3.23. The summed E-state index contributed by atoms with van der Waals surface area (Å²) in [6.07, 6.45) is 2.24. The van der Waals surface area contributed by atoms with E-state index >= 15 is 0 Å². The highest BCUT2D eigenvalue weighted by Gasteiger charge is 2.24. The van der Waals surface area contributed by atoms with Gasteiger partial charge in [-0.25, -0.2) is 0 Å². The van der Waals surface area contributed by atoms with Gasteiger partial charge >= 0.3 is 0 Å². The second-order valence-corrected chi connectivity index (χ2v) is 5.32. The molecule has 110 valence electrons. The molecule has 2 aromatic rings. The summed E-state index contributed by atoms with van der Waals surface area (Å²) in [5.41, 5.74) is 5.18. The van der Waals surface area contributed by atoms with E-state index in [2.05, 4.69) is 29.6 Å². The largest absolute Gasteiger partial charge is 0.497 e. The fraction of sp³-hybridized carbons (Fsp3) is 0.333. The summed E-state index contributed by atoms with van der Waals surface area (Å²) >= 11 is 0. The zero-order valence-electron chi connectivity index (χ0n) is 12.8. The van der Waals surface area contributed by atoms with Gasteiger partial charge in [0.05, 0.1) is 14.2 Å². The number of nitrogens with one attached hydrogen (secondary N) is 1. The van der Waals surface area contributed by atoms with Gasteiger partial charge in [0.15, 0.2) is 0 Å². The molecule has 0 fully saturated rings. The lowest BCUT2D eigenvalue weighted by Crippen LogP contribution is -2.12. The normalized spacial score (nSPS) is 16.6. The first-order chi connectivity index (χ1) is 10.3. The van der Waals surface area contributed by atoms with Crippen molar-refractivity contribution in [2.45, 2.75) is 18.9 Å². The quantitative estimate of drug-likeness (QED) is 0.930. The highest BCUT2D eigenvalue weighted by Crippen LogP contribution is 2.41. The molecule has 3 heteroatoms. The predicted octanol–water partition coefficient (Wildman–Crippen LogP) is 3.58. The summed E-state index contributed by atoms with van der Waals surface area (Å²) in [5, 5.41) is 3.39. The van der Waals surface area contributed by atoms with Gasteiger partial charge in [0.25, 0.3) is 0 Å². The topological polar surface area (TPSA) is 30.5 Å². The van der Waals surface area contributed by atoms with E-state index in [4.69, 9.17) is 9.47 Å². The first-order valence-electron chi connectivity index (χ1n) is 7.30. The summed E-state index contributed by atoms with van der Waals surface area (Å²) in [6.45, 7) is 0. The molecule has 1 aliphatic carbocycles. The van der Waals surface area contributed by atoms with Crippen molar-refractivity contribution in [2.24, 2.45) is 0 Å². The van der Waals surface area contributed by atoms with Crippen LogP contribution in [0, 0.1) is 0 Å². The third-order valence-electron chi connectivity index (χ3n) is 4.32. The molecule has 0 aromatic heterocycles. The minimum Gasteiger partial charge on any atom is -0.497 e. The molecule has 3 rings (SSSR count). The van der Waals surface area contributed by atoms with Crippen molar-refractivity contribution in [3.05, 3.63) is 47.5 Å². The van der Waals surface area contributed by atoms with Crippen LogP contribution in [0.4, 0.5) is 0 Å². The van der Waals surface area contributed by atoms with Crippen LogP contribution in [-0.4, -0.2) is 21.3 Å². The van der Waals surface area contributed by atoms with Gasteiger partial charge in [0, 0.05) is 11.6 Å². The van der Waals surface area contributed by atoms with Crippen molar-refractivity contribution in [3.63, 3.8) is 0 Å². The zero-order valence-corrected chi connectivity index (χ0v) is 12.8. The van der Waals surface area contributed by atoms with Gasteiger partial charge in [-0.2, -0.15) is 0 Å². The Kier molecular flexibility index (Phi) is 3.84. The van der Waals surface area contributed by atoms with Crippen LogP contribution < -0.4 is 14.8 Å². The van der Waals surface area contributed by atoms with Gasteiger partial charge in [-0.05, 0) is 54.8 Å². The van der Waals surface area contributed by atoms with E-state index < -0.39 is 0 Å². The van der Waals surface area contributed by atoms with Crippen LogP contribution in [0.5, 0.6) is 11.5 Å².